The Morgan fingerprint density at radius 1 is 0.939 bits per heavy atom. The van der Waals surface area contributed by atoms with Crippen LogP contribution < -0.4 is 4.90 Å². The fraction of sp³-hybridized carbons (Fsp3) is 0.500. The summed E-state index contributed by atoms with van der Waals surface area (Å²) in [5, 5.41) is 10.4. The lowest BCUT2D eigenvalue weighted by molar-refractivity contribution is 0.0982. The third-order valence-corrected chi connectivity index (χ3v) is 9.50. The minimum atomic E-state index is -3.75. The molecule has 6 nitrogen and oxygen atoms in total. The minimum absolute atomic E-state index is 0.0107. The number of hydrogen-bond donors (Lipinski definition) is 1. The van der Waals surface area contributed by atoms with Gasteiger partial charge in [0.2, 0.25) is 10.0 Å². The summed E-state index contributed by atoms with van der Waals surface area (Å²) in [7, 11) is -3.75. The van der Waals surface area contributed by atoms with Gasteiger partial charge in [-0.3, -0.25) is 4.79 Å². The summed E-state index contributed by atoms with van der Waals surface area (Å²) in [5.74, 6) is -0.458. The lowest BCUT2D eigenvalue weighted by Gasteiger charge is -2.34. The van der Waals surface area contributed by atoms with Gasteiger partial charge in [0.05, 0.1) is 4.90 Å². The number of nitrogens with zero attached hydrogens (tertiary/aromatic N) is 2. The monoisotopic (exact) mass is 468 g/mol. The Kier molecular flexibility index (Phi) is 5.73. The van der Waals surface area contributed by atoms with Crippen LogP contribution in [-0.2, 0) is 15.4 Å². The van der Waals surface area contributed by atoms with E-state index in [9.17, 15) is 18.3 Å². The number of phenols is 1. The Hall–Kier alpha value is -2.38. The van der Waals surface area contributed by atoms with Crippen molar-refractivity contribution < 1.29 is 18.3 Å². The molecule has 0 atom stereocenters. The molecule has 1 aliphatic carbocycles. The summed E-state index contributed by atoms with van der Waals surface area (Å²) < 4.78 is 27.9. The third-order valence-electron chi connectivity index (χ3n) is 7.62. The molecule has 1 saturated heterocycles. The molecule has 0 bridgehead atoms. The normalized spacial score (nSPS) is 20.7. The summed E-state index contributed by atoms with van der Waals surface area (Å²) >= 11 is 0. The molecule has 3 aliphatic rings. The zero-order valence-corrected chi connectivity index (χ0v) is 20.0. The number of aromatic hydroxyl groups is 1. The molecule has 1 spiro atoms. The average molecular weight is 469 g/mol. The number of anilines is 1. The maximum absolute atomic E-state index is 13.7. The van der Waals surface area contributed by atoms with Gasteiger partial charge in [-0.05, 0) is 62.4 Å². The van der Waals surface area contributed by atoms with Crippen LogP contribution in [0.4, 0.5) is 5.69 Å². The van der Waals surface area contributed by atoms with Gasteiger partial charge in [0, 0.05) is 36.3 Å². The molecule has 2 aromatic carbocycles. The van der Waals surface area contributed by atoms with E-state index in [-0.39, 0.29) is 27.5 Å². The van der Waals surface area contributed by atoms with Crippen LogP contribution in [0.3, 0.4) is 0 Å². The van der Waals surface area contributed by atoms with Crippen LogP contribution in [0.15, 0.2) is 41.3 Å². The molecule has 0 unspecified atom stereocenters. The van der Waals surface area contributed by atoms with Crippen LogP contribution >= 0.6 is 0 Å². The maximum Gasteiger partial charge on any atom is 0.258 e. The first-order chi connectivity index (χ1) is 15.8. The fourth-order valence-electron chi connectivity index (χ4n) is 5.89. The topological polar surface area (TPSA) is 77.9 Å². The van der Waals surface area contributed by atoms with Crippen molar-refractivity contribution in [3.05, 3.63) is 53.1 Å². The number of aryl methyl sites for hydroxylation is 1. The summed E-state index contributed by atoms with van der Waals surface area (Å²) in [5.41, 5.74) is 3.51. The first kappa shape index (κ1) is 22.4. The molecule has 1 N–H and O–H groups in total. The number of hydrogen-bond acceptors (Lipinski definition) is 4. The van der Waals surface area contributed by atoms with Crippen LogP contribution in [0.5, 0.6) is 5.75 Å². The van der Waals surface area contributed by atoms with Crippen LogP contribution in [0.2, 0.25) is 0 Å². The predicted octanol–water partition coefficient (Wildman–Crippen LogP) is 4.74. The van der Waals surface area contributed by atoms with E-state index in [4.69, 9.17) is 0 Å². The highest BCUT2D eigenvalue weighted by Gasteiger charge is 2.45. The smallest absolute Gasteiger partial charge is 0.258 e. The first-order valence-corrected chi connectivity index (χ1v) is 13.5. The lowest BCUT2D eigenvalue weighted by atomic mass is 9.70. The van der Waals surface area contributed by atoms with Gasteiger partial charge in [0.15, 0.2) is 0 Å². The number of phenolic OH excluding ortho intramolecular Hbond substituents is 1. The molecule has 1 saturated carbocycles. The van der Waals surface area contributed by atoms with Crippen molar-refractivity contribution >= 4 is 21.6 Å². The quantitative estimate of drug-likeness (QED) is 0.706. The Labute approximate surface area is 196 Å². The van der Waals surface area contributed by atoms with Crippen molar-refractivity contribution in [3.63, 3.8) is 0 Å². The molecular weight excluding hydrogens is 436 g/mol. The van der Waals surface area contributed by atoms with Gasteiger partial charge in [-0.25, -0.2) is 8.42 Å². The second-order valence-corrected chi connectivity index (χ2v) is 11.9. The van der Waals surface area contributed by atoms with E-state index >= 15 is 0 Å². The average Bonchev–Trinajstić information content (AvgIpc) is 3.12. The fourth-order valence-corrected chi connectivity index (χ4v) is 7.47. The zero-order valence-electron chi connectivity index (χ0n) is 19.2. The van der Waals surface area contributed by atoms with Crippen LogP contribution in [0.1, 0.15) is 72.9 Å². The van der Waals surface area contributed by atoms with E-state index in [1.165, 1.54) is 40.1 Å². The second-order valence-electron chi connectivity index (χ2n) is 9.93. The Balaban J connectivity index is 1.51. The van der Waals surface area contributed by atoms with Gasteiger partial charge >= 0.3 is 0 Å². The highest BCUT2D eigenvalue weighted by molar-refractivity contribution is 7.89. The second kappa shape index (κ2) is 8.44. The van der Waals surface area contributed by atoms with Crippen molar-refractivity contribution in [1.82, 2.24) is 4.31 Å². The van der Waals surface area contributed by atoms with E-state index < -0.39 is 10.0 Å². The maximum atomic E-state index is 13.7. The number of carbonyl (C=O) groups is 1. The van der Waals surface area contributed by atoms with Crippen LogP contribution in [0.25, 0.3) is 0 Å². The third kappa shape index (κ3) is 3.95. The Morgan fingerprint density at radius 3 is 2.36 bits per heavy atom. The summed E-state index contributed by atoms with van der Waals surface area (Å²) in [6, 6.07) is 10.3. The van der Waals surface area contributed by atoms with E-state index in [1.807, 2.05) is 12.1 Å². The minimum Gasteiger partial charge on any atom is -0.508 e. The number of carbonyl (C=O) groups excluding carboxylic acids is 1. The van der Waals surface area contributed by atoms with E-state index in [0.29, 0.717) is 19.6 Å². The lowest BCUT2D eigenvalue weighted by Crippen LogP contribution is -2.38. The highest BCUT2D eigenvalue weighted by atomic mass is 32.2. The standard InChI is InChI=1S/C26H32N2O4S/c1-19-8-9-24-23(14-19)26(10-4-2-5-11-26)18-28(24)25(30)20-15-21(29)17-22(16-20)33(31,32)27-12-6-3-7-13-27/h8-9,14-17,29H,2-7,10-13,18H2,1H3. The number of rotatable bonds is 3. The number of amides is 1. The SMILES string of the molecule is Cc1ccc2c(c1)C1(CCCCC1)CN2C(=O)c1cc(O)cc(S(=O)(=O)N2CCCCC2)c1. The molecule has 176 valence electrons. The number of fused-ring (bicyclic) bond motifs is 2. The first-order valence-electron chi connectivity index (χ1n) is 12.1. The van der Waals surface area contributed by atoms with Crippen molar-refractivity contribution in [1.29, 1.82) is 0 Å². The van der Waals surface area contributed by atoms with Gasteiger partial charge < -0.3 is 10.0 Å². The summed E-state index contributed by atoms with van der Waals surface area (Å²) in [6.45, 7) is 3.63. The largest absolute Gasteiger partial charge is 0.508 e. The van der Waals surface area contributed by atoms with Gasteiger partial charge in [0.25, 0.3) is 5.91 Å². The molecular formula is C26H32N2O4S. The summed E-state index contributed by atoms with van der Waals surface area (Å²) in [4.78, 5) is 15.5. The molecule has 2 aromatic rings. The van der Waals surface area contributed by atoms with Crippen molar-refractivity contribution in [2.75, 3.05) is 24.5 Å². The highest BCUT2D eigenvalue weighted by Crippen LogP contribution is 2.50. The van der Waals surface area contributed by atoms with Crippen molar-refractivity contribution in [2.24, 2.45) is 0 Å². The molecule has 33 heavy (non-hydrogen) atoms. The molecule has 0 aromatic heterocycles. The van der Waals surface area contributed by atoms with E-state index in [1.54, 1.807) is 4.90 Å². The van der Waals surface area contributed by atoms with Crippen LogP contribution in [-0.4, -0.2) is 43.4 Å². The molecule has 0 radical (unpaired) electrons. The Bertz CT molecular complexity index is 1180. The van der Waals surface area contributed by atoms with E-state index in [2.05, 4.69) is 13.0 Å². The van der Waals surface area contributed by atoms with Gasteiger partial charge in [-0.15, -0.1) is 0 Å². The molecule has 2 fully saturated rings. The van der Waals surface area contributed by atoms with Gasteiger partial charge in [-0.1, -0.05) is 43.4 Å². The molecule has 2 heterocycles. The Morgan fingerprint density at radius 2 is 1.64 bits per heavy atom. The molecule has 7 heteroatoms. The molecule has 5 rings (SSSR count). The predicted molar refractivity (Wildman–Crippen MR) is 128 cm³/mol. The van der Waals surface area contributed by atoms with Gasteiger partial charge in [-0.2, -0.15) is 4.31 Å². The van der Waals surface area contributed by atoms with Crippen molar-refractivity contribution in [2.45, 2.75) is 68.6 Å². The van der Waals surface area contributed by atoms with E-state index in [0.717, 1.165) is 50.6 Å². The number of benzene rings is 2. The van der Waals surface area contributed by atoms with Crippen LogP contribution in [0, 0.1) is 6.92 Å². The van der Waals surface area contributed by atoms with Crippen molar-refractivity contribution in [3.8, 4) is 5.75 Å². The zero-order chi connectivity index (χ0) is 23.2. The molecule has 2 aliphatic heterocycles. The number of sulfonamides is 1. The summed E-state index contributed by atoms with van der Waals surface area (Å²) in [6.07, 6.45) is 8.32. The number of piperidine rings is 1. The molecule has 1 amide bonds. The van der Waals surface area contributed by atoms with Gasteiger partial charge in [0.1, 0.15) is 5.75 Å².